The predicted octanol–water partition coefficient (Wildman–Crippen LogP) is 2.61. The lowest BCUT2D eigenvalue weighted by Crippen LogP contribution is -2.21. The van der Waals surface area contributed by atoms with E-state index in [0.717, 1.165) is 30.8 Å². The fourth-order valence-electron chi connectivity index (χ4n) is 2.10. The Balaban J connectivity index is 2.14. The summed E-state index contributed by atoms with van der Waals surface area (Å²) in [6, 6.07) is 3.96. The van der Waals surface area contributed by atoms with Gasteiger partial charge in [-0.05, 0) is 31.9 Å². The lowest BCUT2D eigenvalue weighted by Gasteiger charge is -2.25. The van der Waals surface area contributed by atoms with Crippen LogP contribution in [0.15, 0.2) is 16.5 Å². The van der Waals surface area contributed by atoms with Crippen molar-refractivity contribution in [2.75, 3.05) is 0 Å². The van der Waals surface area contributed by atoms with Gasteiger partial charge in [-0.15, -0.1) is 0 Å². The second-order valence-electron chi connectivity index (χ2n) is 3.91. The van der Waals surface area contributed by atoms with Crippen molar-refractivity contribution < 1.29 is 9.52 Å². The van der Waals surface area contributed by atoms with Gasteiger partial charge in [-0.2, -0.15) is 0 Å². The highest BCUT2D eigenvalue weighted by Crippen LogP contribution is 2.33. The van der Waals surface area contributed by atoms with E-state index in [1.165, 1.54) is 6.42 Å². The molecule has 2 atom stereocenters. The van der Waals surface area contributed by atoms with Crippen LogP contribution in [0.25, 0.3) is 0 Å². The quantitative estimate of drug-likeness (QED) is 0.720. The molecule has 1 saturated carbocycles. The fourth-order valence-corrected chi connectivity index (χ4v) is 2.10. The van der Waals surface area contributed by atoms with E-state index in [4.69, 9.17) is 4.42 Å². The van der Waals surface area contributed by atoms with E-state index in [1.807, 2.05) is 19.1 Å². The maximum atomic E-state index is 9.77. The summed E-state index contributed by atoms with van der Waals surface area (Å²) in [4.78, 5) is 0. The first kappa shape index (κ1) is 8.82. The minimum atomic E-state index is -0.195. The highest BCUT2D eigenvalue weighted by atomic mass is 16.3. The van der Waals surface area contributed by atoms with Crippen molar-refractivity contribution in [1.29, 1.82) is 0 Å². The van der Waals surface area contributed by atoms with Crippen molar-refractivity contribution in [2.45, 2.75) is 44.6 Å². The molecule has 2 heteroatoms. The van der Waals surface area contributed by atoms with Crippen LogP contribution in [0.4, 0.5) is 0 Å². The Kier molecular flexibility index (Phi) is 2.40. The summed E-state index contributed by atoms with van der Waals surface area (Å²) < 4.78 is 5.53. The summed E-state index contributed by atoms with van der Waals surface area (Å²) in [5, 5.41) is 9.77. The van der Waals surface area contributed by atoms with E-state index < -0.39 is 0 Å². The van der Waals surface area contributed by atoms with Gasteiger partial charge in [-0.25, -0.2) is 0 Å². The summed E-state index contributed by atoms with van der Waals surface area (Å²) in [7, 11) is 0. The first-order chi connectivity index (χ1) is 6.27. The van der Waals surface area contributed by atoms with Gasteiger partial charge in [-0.3, -0.25) is 0 Å². The fraction of sp³-hybridized carbons (Fsp3) is 0.636. The van der Waals surface area contributed by atoms with Gasteiger partial charge in [0, 0.05) is 5.92 Å². The molecule has 13 heavy (non-hydrogen) atoms. The minimum Gasteiger partial charge on any atom is -0.466 e. The maximum absolute atomic E-state index is 9.77. The lowest BCUT2D eigenvalue weighted by molar-refractivity contribution is 0.0961. The zero-order valence-corrected chi connectivity index (χ0v) is 7.99. The summed E-state index contributed by atoms with van der Waals surface area (Å²) in [5.41, 5.74) is 0. The van der Waals surface area contributed by atoms with Gasteiger partial charge in [0.15, 0.2) is 0 Å². The van der Waals surface area contributed by atoms with Gasteiger partial charge in [0.05, 0.1) is 6.10 Å². The van der Waals surface area contributed by atoms with Gasteiger partial charge < -0.3 is 9.52 Å². The Bertz CT molecular complexity index is 277. The van der Waals surface area contributed by atoms with E-state index >= 15 is 0 Å². The lowest BCUT2D eigenvalue weighted by atomic mass is 9.85. The number of furan rings is 1. The van der Waals surface area contributed by atoms with Crippen molar-refractivity contribution >= 4 is 0 Å². The molecule has 1 heterocycles. The Labute approximate surface area is 78.6 Å². The zero-order valence-electron chi connectivity index (χ0n) is 7.99. The Hall–Kier alpha value is -0.760. The number of hydrogen-bond donors (Lipinski definition) is 1. The third-order valence-corrected chi connectivity index (χ3v) is 2.86. The second kappa shape index (κ2) is 3.54. The molecule has 1 aliphatic carbocycles. The van der Waals surface area contributed by atoms with Crippen molar-refractivity contribution in [1.82, 2.24) is 0 Å². The van der Waals surface area contributed by atoms with E-state index in [1.54, 1.807) is 0 Å². The van der Waals surface area contributed by atoms with Gasteiger partial charge in [-0.1, -0.05) is 12.8 Å². The molecule has 1 fully saturated rings. The second-order valence-corrected chi connectivity index (χ2v) is 3.91. The smallest absolute Gasteiger partial charge is 0.109 e. The molecule has 2 unspecified atom stereocenters. The predicted molar refractivity (Wildman–Crippen MR) is 50.7 cm³/mol. The number of aliphatic hydroxyl groups is 1. The molecule has 1 aliphatic rings. The maximum Gasteiger partial charge on any atom is 0.109 e. The Morgan fingerprint density at radius 1 is 1.31 bits per heavy atom. The van der Waals surface area contributed by atoms with Gasteiger partial charge in [0.2, 0.25) is 0 Å². The van der Waals surface area contributed by atoms with Gasteiger partial charge >= 0.3 is 0 Å². The number of hydrogen-bond acceptors (Lipinski definition) is 2. The molecule has 1 aromatic rings. The van der Waals surface area contributed by atoms with Crippen molar-refractivity contribution in [3.05, 3.63) is 23.7 Å². The third kappa shape index (κ3) is 1.78. The standard InChI is InChI=1S/C11H16O2/c1-8-6-7-11(13-8)9-4-2-3-5-10(9)12/h6-7,9-10,12H,2-5H2,1H3. The Morgan fingerprint density at radius 3 is 2.69 bits per heavy atom. The molecule has 2 nitrogen and oxygen atoms in total. The van der Waals surface area contributed by atoms with Gasteiger partial charge in [0.25, 0.3) is 0 Å². The number of aryl methyl sites for hydroxylation is 1. The molecule has 0 aliphatic heterocycles. The largest absolute Gasteiger partial charge is 0.466 e. The SMILES string of the molecule is Cc1ccc(C2CCCCC2O)o1. The van der Waals surface area contributed by atoms with Crippen LogP contribution < -0.4 is 0 Å². The highest BCUT2D eigenvalue weighted by molar-refractivity contribution is 5.12. The molecule has 0 aromatic carbocycles. The van der Waals surface area contributed by atoms with Crippen molar-refractivity contribution in [3.63, 3.8) is 0 Å². The van der Waals surface area contributed by atoms with Gasteiger partial charge in [0.1, 0.15) is 11.5 Å². The number of aliphatic hydroxyl groups excluding tert-OH is 1. The normalized spacial score (nSPS) is 29.1. The van der Waals surface area contributed by atoms with E-state index in [0.29, 0.717) is 0 Å². The highest BCUT2D eigenvalue weighted by Gasteiger charge is 2.26. The van der Waals surface area contributed by atoms with E-state index in [-0.39, 0.29) is 12.0 Å². The molecule has 0 amide bonds. The number of rotatable bonds is 1. The first-order valence-corrected chi connectivity index (χ1v) is 5.02. The molecule has 0 saturated heterocycles. The van der Waals surface area contributed by atoms with Crippen molar-refractivity contribution in [3.8, 4) is 0 Å². The molecular weight excluding hydrogens is 164 g/mol. The van der Waals surface area contributed by atoms with Crippen LogP contribution >= 0.6 is 0 Å². The molecule has 2 rings (SSSR count). The van der Waals surface area contributed by atoms with Crippen LogP contribution in [0, 0.1) is 6.92 Å². The zero-order chi connectivity index (χ0) is 9.26. The van der Waals surface area contributed by atoms with E-state index in [2.05, 4.69) is 0 Å². The van der Waals surface area contributed by atoms with E-state index in [9.17, 15) is 5.11 Å². The van der Waals surface area contributed by atoms with Crippen LogP contribution in [0.5, 0.6) is 0 Å². The summed E-state index contributed by atoms with van der Waals surface area (Å²) in [6.45, 7) is 1.94. The van der Waals surface area contributed by atoms with Crippen LogP contribution in [0.3, 0.4) is 0 Å². The molecule has 0 spiro atoms. The van der Waals surface area contributed by atoms with Crippen LogP contribution in [-0.4, -0.2) is 11.2 Å². The summed E-state index contributed by atoms with van der Waals surface area (Å²) in [6.07, 6.45) is 4.15. The molecule has 1 aromatic heterocycles. The molecule has 72 valence electrons. The molecule has 0 bridgehead atoms. The summed E-state index contributed by atoms with van der Waals surface area (Å²) >= 11 is 0. The topological polar surface area (TPSA) is 33.4 Å². The van der Waals surface area contributed by atoms with Crippen molar-refractivity contribution in [2.24, 2.45) is 0 Å². The average molecular weight is 180 g/mol. The molecule has 0 radical (unpaired) electrons. The minimum absolute atomic E-state index is 0.195. The Morgan fingerprint density at radius 2 is 2.08 bits per heavy atom. The van der Waals surface area contributed by atoms with Crippen LogP contribution in [-0.2, 0) is 0 Å². The molecular formula is C11H16O2. The monoisotopic (exact) mass is 180 g/mol. The third-order valence-electron chi connectivity index (χ3n) is 2.86. The summed E-state index contributed by atoms with van der Waals surface area (Å²) in [5.74, 6) is 2.14. The first-order valence-electron chi connectivity index (χ1n) is 5.02. The molecule has 1 N–H and O–H groups in total. The average Bonchev–Trinajstić information content (AvgIpc) is 2.53. The van der Waals surface area contributed by atoms with Crippen LogP contribution in [0.2, 0.25) is 0 Å². The van der Waals surface area contributed by atoms with Crippen LogP contribution in [0.1, 0.15) is 43.1 Å².